The summed E-state index contributed by atoms with van der Waals surface area (Å²) in [5.41, 5.74) is 2.02. The molecule has 0 aliphatic carbocycles. The van der Waals surface area contributed by atoms with E-state index in [0.717, 1.165) is 30.9 Å². The van der Waals surface area contributed by atoms with Crippen LogP contribution in [0, 0.1) is 6.92 Å². The van der Waals surface area contributed by atoms with Crippen LogP contribution < -0.4 is 5.32 Å². The van der Waals surface area contributed by atoms with Gasteiger partial charge in [-0.3, -0.25) is 15.0 Å². The number of carbonyl (C=O) groups is 1. The molecule has 31 heavy (non-hydrogen) atoms. The van der Waals surface area contributed by atoms with E-state index in [-0.39, 0.29) is 10.8 Å². The topological polar surface area (TPSA) is 82.6 Å². The molecule has 7 nitrogen and oxygen atoms in total. The first-order chi connectivity index (χ1) is 14.8. The molecule has 0 saturated carbocycles. The minimum atomic E-state index is -3.63. The average Bonchev–Trinajstić information content (AvgIpc) is 3.01. The van der Waals surface area contributed by atoms with Crippen LogP contribution in [0.15, 0.2) is 28.5 Å². The Kier molecular flexibility index (Phi) is 8.21. The molecular formula is C22H32N4O3S2. The van der Waals surface area contributed by atoms with Crippen molar-refractivity contribution in [3.63, 3.8) is 0 Å². The van der Waals surface area contributed by atoms with Crippen molar-refractivity contribution in [3.05, 3.63) is 40.4 Å². The van der Waals surface area contributed by atoms with Gasteiger partial charge in [-0.2, -0.15) is 4.31 Å². The number of thiazole rings is 1. The Morgan fingerprint density at radius 3 is 2.48 bits per heavy atom. The van der Waals surface area contributed by atoms with Gasteiger partial charge in [0.25, 0.3) is 5.91 Å². The summed E-state index contributed by atoms with van der Waals surface area (Å²) in [4.78, 5) is 20.0. The molecule has 0 atom stereocenters. The number of rotatable bonds is 8. The van der Waals surface area contributed by atoms with Gasteiger partial charge in [0.2, 0.25) is 10.0 Å². The Morgan fingerprint density at radius 2 is 1.84 bits per heavy atom. The fourth-order valence-electron chi connectivity index (χ4n) is 3.84. The highest BCUT2D eigenvalue weighted by Crippen LogP contribution is 2.23. The highest BCUT2D eigenvalue weighted by atomic mass is 32.2. The normalized spacial score (nSPS) is 15.7. The summed E-state index contributed by atoms with van der Waals surface area (Å²) in [5, 5.41) is 5.36. The van der Waals surface area contributed by atoms with Crippen molar-refractivity contribution < 1.29 is 13.2 Å². The molecule has 170 valence electrons. The number of hydrogen-bond acceptors (Lipinski definition) is 6. The smallest absolute Gasteiger partial charge is 0.257 e. The standard InChI is InChI=1S/C22H32N4O3S2/c1-4-26(5-2)31(28,29)19-11-10-17(3)20(14-19)21(27)24-22-23-18(16-30-22)15-25-12-8-6-7-9-13-25/h10-11,14,16H,4-9,12-13,15H2,1-3H3,(H,23,24,27). The SMILES string of the molecule is CCN(CC)S(=O)(=O)c1ccc(C)c(C(=O)Nc2nc(CN3CCCCCC3)cs2)c1. The van der Waals surface area contributed by atoms with Crippen LogP contribution in [-0.4, -0.2) is 54.7 Å². The fraction of sp³-hybridized carbons (Fsp3) is 0.545. The number of aryl methyl sites for hydroxylation is 1. The first-order valence-corrected chi connectivity index (χ1v) is 13.3. The lowest BCUT2D eigenvalue weighted by Gasteiger charge is -2.19. The van der Waals surface area contributed by atoms with Crippen LogP contribution in [0.25, 0.3) is 0 Å². The molecule has 0 spiro atoms. The molecule has 1 N–H and O–H groups in total. The fourth-order valence-corrected chi connectivity index (χ4v) is 6.02. The second kappa shape index (κ2) is 10.7. The molecule has 9 heteroatoms. The van der Waals surface area contributed by atoms with Crippen LogP contribution >= 0.6 is 11.3 Å². The molecule has 2 heterocycles. The number of nitrogens with one attached hydrogen (secondary N) is 1. The van der Waals surface area contributed by atoms with Crippen LogP contribution in [0.1, 0.15) is 61.1 Å². The molecule has 1 amide bonds. The van der Waals surface area contributed by atoms with E-state index in [4.69, 9.17) is 0 Å². The molecule has 1 fully saturated rings. The molecule has 2 aromatic rings. The van der Waals surface area contributed by atoms with Crippen LogP contribution in [0.2, 0.25) is 0 Å². The Bertz CT molecular complexity index is 992. The van der Waals surface area contributed by atoms with E-state index in [9.17, 15) is 13.2 Å². The molecular weight excluding hydrogens is 432 g/mol. The first kappa shape index (κ1) is 23.8. The third-order valence-corrected chi connectivity index (χ3v) is 8.51. The van der Waals surface area contributed by atoms with E-state index in [0.29, 0.717) is 23.8 Å². The van der Waals surface area contributed by atoms with Gasteiger partial charge < -0.3 is 0 Å². The van der Waals surface area contributed by atoms with E-state index in [1.54, 1.807) is 32.9 Å². The summed E-state index contributed by atoms with van der Waals surface area (Å²) in [7, 11) is -3.63. The van der Waals surface area contributed by atoms with Gasteiger partial charge >= 0.3 is 0 Å². The van der Waals surface area contributed by atoms with Gasteiger partial charge in [0.15, 0.2) is 5.13 Å². The average molecular weight is 465 g/mol. The maximum atomic E-state index is 12.9. The molecule has 1 saturated heterocycles. The van der Waals surface area contributed by atoms with E-state index in [1.807, 2.05) is 5.38 Å². The van der Waals surface area contributed by atoms with Crippen molar-refractivity contribution in [1.82, 2.24) is 14.2 Å². The lowest BCUT2D eigenvalue weighted by Crippen LogP contribution is -2.30. The lowest BCUT2D eigenvalue weighted by molar-refractivity contribution is 0.102. The van der Waals surface area contributed by atoms with Crippen LogP contribution in [-0.2, 0) is 16.6 Å². The van der Waals surface area contributed by atoms with Crippen molar-refractivity contribution in [2.75, 3.05) is 31.5 Å². The van der Waals surface area contributed by atoms with Crippen molar-refractivity contribution in [3.8, 4) is 0 Å². The summed E-state index contributed by atoms with van der Waals surface area (Å²) in [6.07, 6.45) is 5.02. The maximum Gasteiger partial charge on any atom is 0.257 e. The lowest BCUT2D eigenvalue weighted by atomic mass is 10.1. The summed E-state index contributed by atoms with van der Waals surface area (Å²) >= 11 is 1.40. The predicted molar refractivity (Wildman–Crippen MR) is 125 cm³/mol. The van der Waals surface area contributed by atoms with E-state index in [2.05, 4.69) is 15.2 Å². The van der Waals surface area contributed by atoms with Gasteiger partial charge in [0.05, 0.1) is 10.6 Å². The summed E-state index contributed by atoms with van der Waals surface area (Å²) < 4.78 is 27.1. The van der Waals surface area contributed by atoms with Crippen LogP contribution in [0.4, 0.5) is 5.13 Å². The quantitative estimate of drug-likeness (QED) is 0.636. The van der Waals surface area contributed by atoms with Crippen molar-refractivity contribution in [1.29, 1.82) is 0 Å². The number of hydrogen-bond donors (Lipinski definition) is 1. The number of likely N-dealkylation sites (tertiary alicyclic amines) is 1. The third kappa shape index (κ3) is 5.91. The van der Waals surface area contributed by atoms with Gasteiger partial charge in [-0.05, 0) is 50.6 Å². The van der Waals surface area contributed by atoms with Crippen molar-refractivity contribution in [2.45, 2.75) is 57.9 Å². The van der Waals surface area contributed by atoms with Crippen molar-refractivity contribution >= 4 is 32.4 Å². The Labute approximate surface area is 189 Å². The number of carbonyl (C=O) groups excluding carboxylic acids is 1. The third-order valence-electron chi connectivity index (χ3n) is 5.65. The number of amides is 1. The van der Waals surface area contributed by atoms with Gasteiger partial charge in [-0.15, -0.1) is 11.3 Å². The van der Waals surface area contributed by atoms with Crippen LogP contribution in [0.3, 0.4) is 0 Å². The Morgan fingerprint density at radius 1 is 1.16 bits per heavy atom. The number of benzene rings is 1. The minimum Gasteiger partial charge on any atom is -0.298 e. The van der Waals surface area contributed by atoms with Gasteiger partial charge in [0.1, 0.15) is 0 Å². The Balaban J connectivity index is 1.73. The molecule has 3 rings (SSSR count). The van der Waals surface area contributed by atoms with Gasteiger partial charge in [-0.1, -0.05) is 32.8 Å². The molecule has 0 bridgehead atoms. The van der Waals surface area contributed by atoms with Gasteiger partial charge in [-0.25, -0.2) is 13.4 Å². The van der Waals surface area contributed by atoms with Gasteiger partial charge in [0, 0.05) is 30.6 Å². The number of sulfonamides is 1. The summed E-state index contributed by atoms with van der Waals surface area (Å²) in [6, 6.07) is 4.70. The van der Waals surface area contributed by atoms with E-state index < -0.39 is 10.0 Å². The largest absolute Gasteiger partial charge is 0.298 e. The monoisotopic (exact) mass is 464 g/mol. The molecule has 1 aliphatic heterocycles. The molecule has 1 aromatic carbocycles. The number of anilines is 1. The minimum absolute atomic E-state index is 0.132. The second-order valence-electron chi connectivity index (χ2n) is 7.85. The van der Waals surface area contributed by atoms with Crippen LogP contribution in [0.5, 0.6) is 0 Å². The molecule has 0 unspecified atom stereocenters. The summed E-state index contributed by atoms with van der Waals surface area (Å²) in [6.45, 7) is 9.14. The zero-order valence-electron chi connectivity index (χ0n) is 18.6. The number of aromatic nitrogens is 1. The Hall–Kier alpha value is -1.81. The zero-order valence-corrected chi connectivity index (χ0v) is 20.2. The van der Waals surface area contributed by atoms with Crippen molar-refractivity contribution in [2.24, 2.45) is 0 Å². The molecule has 1 aromatic heterocycles. The first-order valence-electron chi connectivity index (χ1n) is 10.9. The predicted octanol–water partition coefficient (Wildman–Crippen LogP) is 4.11. The maximum absolute atomic E-state index is 12.9. The number of nitrogens with zero attached hydrogens (tertiary/aromatic N) is 3. The highest BCUT2D eigenvalue weighted by Gasteiger charge is 2.24. The zero-order chi connectivity index (χ0) is 22.4. The highest BCUT2D eigenvalue weighted by molar-refractivity contribution is 7.89. The second-order valence-corrected chi connectivity index (χ2v) is 10.7. The van der Waals surface area contributed by atoms with E-state index in [1.165, 1.54) is 47.4 Å². The molecule has 1 aliphatic rings. The molecule has 0 radical (unpaired) electrons. The summed E-state index contributed by atoms with van der Waals surface area (Å²) in [5.74, 6) is -0.343. The van der Waals surface area contributed by atoms with E-state index >= 15 is 0 Å².